The van der Waals surface area contributed by atoms with Gasteiger partial charge in [-0.2, -0.15) is 26.3 Å². The number of benzene rings is 1. The Hall–Kier alpha value is -3.13. The quantitative estimate of drug-likeness (QED) is 0.200. The van der Waals surface area contributed by atoms with Crippen LogP contribution in [0.25, 0.3) is 6.08 Å². The van der Waals surface area contributed by atoms with Gasteiger partial charge in [0.15, 0.2) is 0 Å². The maximum Gasteiger partial charge on any atom is 0.490 e. The van der Waals surface area contributed by atoms with Gasteiger partial charge in [-0.1, -0.05) is 42.0 Å². The van der Waals surface area contributed by atoms with Crippen molar-refractivity contribution in [1.29, 1.82) is 0 Å². The van der Waals surface area contributed by atoms with Gasteiger partial charge in [-0.3, -0.25) is 4.79 Å². The van der Waals surface area contributed by atoms with Gasteiger partial charge in [-0.05, 0) is 63.5 Å². The molecule has 0 saturated heterocycles. The lowest BCUT2D eigenvalue weighted by molar-refractivity contribution is -0.193. The topological polar surface area (TPSA) is 136 Å². The van der Waals surface area contributed by atoms with E-state index in [-0.39, 0.29) is 6.42 Å². The molecule has 8 nitrogen and oxygen atoms in total. The zero-order valence-corrected chi connectivity index (χ0v) is 21.8. The van der Waals surface area contributed by atoms with E-state index in [1.54, 1.807) is 0 Å². The molecule has 0 bridgehead atoms. The Morgan fingerprint density at radius 1 is 0.875 bits per heavy atom. The Morgan fingerprint density at radius 3 is 1.80 bits per heavy atom. The van der Waals surface area contributed by atoms with Crippen LogP contribution < -0.4 is 10.6 Å². The molecule has 0 aliphatic heterocycles. The van der Waals surface area contributed by atoms with Crippen molar-refractivity contribution >= 4 is 24.0 Å². The highest BCUT2D eigenvalue weighted by molar-refractivity contribution is 5.73. The molecule has 0 radical (unpaired) electrons. The van der Waals surface area contributed by atoms with Crippen LogP contribution in [0, 0.1) is 5.92 Å². The van der Waals surface area contributed by atoms with E-state index >= 15 is 0 Å². The highest BCUT2D eigenvalue weighted by Crippen LogP contribution is 2.39. The van der Waals surface area contributed by atoms with E-state index in [2.05, 4.69) is 54.0 Å². The second kappa shape index (κ2) is 16.2. The van der Waals surface area contributed by atoms with Crippen LogP contribution in [0.5, 0.6) is 0 Å². The molecule has 1 aromatic carbocycles. The molecule has 5 N–H and O–H groups in total. The van der Waals surface area contributed by atoms with E-state index in [0.29, 0.717) is 24.0 Å². The maximum atomic E-state index is 10.6. The Balaban J connectivity index is 0.000000473. The largest absolute Gasteiger partial charge is 0.490 e. The molecule has 0 heterocycles. The average Bonchev–Trinajstić information content (AvgIpc) is 3.62. The van der Waals surface area contributed by atoms with E-state index in [1.807, 2.05) is 0 Å². The molecule has 2 saturated carbocycles. The summed E-state index contributed by atoms with van der Waals surface area (Å²) in [6, 6.07) is 12.4. The minimum absolute atomic E-state index is 0.267. The highest BCUT2D eigenvalue weighted by Gasteiger charge is 2.40. The summed E-state index contributed by atoms with van der Waals surface area (Å²) < 4.78 is 63.5. The van der Waals surface area contributed by atoms with Crippen LogP contribution in [0.1, 0.15) is 57.4 Å². The Labute approximate surface area is 227 Å². The van der Waals surface area contributed by atoms with Crippen LogP contribution in [0.3, 0.4) is 0 Å². The average molecular weight is 585 g/mol. The van der Waals surface area contributed by atoms with Crippen molar-refractivity contribution in [2.75, 3.05) is 6.54 Å². The zero-order valence-electron chi connectivity index (χ0n) is 21.8. The number of rotatable bonds is 9. The van der Waals surface area contributed by atoms with Gasteiger partial charge < -0.3 is 26.0 Å². The number of carbonyl (C=O) groups is 3. The van der Waals surface area contributed by atoms with Gasteiger partial charge in [-0.25, -0.2) is 9.59 Å². The van der Waals surface area contributed by atoms with Gasteiger partial charge in [0.2, 0.25) is 0 Å². The normalized spacial score (nSPS) is 22.6. The summed E-state index contributed by atoms with van der Waals surface area (Å²) in [6.45, 7) is 3.08. The van der Waals surface area contributed by atoms with E-state index in [4.69, 9.17) is 24.9 Å². The lowest BCUT2D eigenvalue weighted by atomic mass is 9.91. The first-order valence-electron chi connectivity index (χ1n) is 12.5. The Bertz CT molecular complexity index is 952. The Morgan fingerprint density at radius 2 is 1.35 bits per heavy atom. The van der Waals surface area contributed by atoms with E-state index in [9.17, 15) is 31.1 Å². The predicted octanol–water partition coefficient (Wildman–Crippen LogP) is 5.10. The van der Waals surface area contributed by atoms with Crippen LogP contribution in [-0.2, 0) is 14.4 Å². The molecule has 3 rings (SSSR count). The molecule has 2 aliphatic rings. The number of hydrogen-bond acceptors (Lipinski definition) is 5. The SMILES string of the molecule is C/C(=C\c1ccccc1)[C@@H]1C[C@H]1N[C@H]1CC[C@@H](NCCCC(=O)O)CC1.O=C(O)C(F)(F)F.O=C(O)C(F)(F)F. The predicted molar refractivity (Wildman–Crippen MR) is 133 cm³/mol. The second-order valence-electron chi connectivity index (χ2n) is 9.52. The first kappa shape index (κ1) is 34.9. The third-order valence-corrected chi connectivity index (χ3v) is 6.23. The van der Waals surface area contributed by atoms with Crippen LogP contribution >= 0.6 is 0 Å². The van der Waals surface area contributed by atoms with Gasteiger partial charge in [-0.15, -0.1) is 0 Å². The van der Waals surface area contributed by atoms with E-state index in [1.165, 1.54) is 43.2 Å². The molecule has 0 spiro atoms. The van der Waals surface area contributed by atoms with E-state index in [0.717, 1.165) is 13.0 Å². The van der Waals surface area contributed by atoms with Gasteiger partial charge in [0.1, 0.15) is 0 Å². The lowest BCUT2D eigenvalue weighted by Crippen LogP contribution is -2.41. The van der Waals surface area contributed by atoms with Gasteiger partial charge in [0.05, 0.1) is 0 Å². The number of carboxylic acid groups (broad SMARTS) is 3. The third kappa shape index (κ3) is 14.9. The molecule has 1 aromatic rings. The van der Waals surface area contributed by atoms with Crippen LogP contribution in [0.15, 0.2) is 35.9 Å². The number of hydrogen-bond donors (Lipinski definition) is 5. The van der Waals surface area contributed by atoms with Crippen LogP contribution in [0.2, 0.25) is 0 Å². The fourth-order valence-electron chi connectivity index (χ4n) is 4.11. The molecule has 0 aromatic heterocycles. The minimum Gasteiger partial charge on any atom is -0.481 e. The summed E-state index contributed by atoms with van der Waals surface area (Å²) in [5, 5.41) is 30.3. The molecule has 2 atom stereocenters. The second-order valence-corrected chi connectivity index (χ2v) is 9.52. The number of aliphatic carboxylic acids is 3. The standard InChI is InChI=1S/C22H32N2O2.2C2HF3O2/c1-16(14-17-6-3-2-4-7-17)20-15-21(20)24-19-11-9-18(10-12-19)23-13-5-8-22(25)26;2*3-2(4,5)1(6)7/h2-4,6-7,14,18-21,23-24H,5,8-13,15H2,1H3,(H,25,26);2*(H,6,7)/b16-14+;;/t18-,19+,20-,21+;;/m0../s1. The summed E-state index contributed by atoms with van der Waals surface area (Å²) in [4.78, 5) is 28.3. The van der Waals surface area contributed by atoms with Crippen LogP contribution in [-0.4, -0.2) is 70.3 Å². The first-order valence-corrected chi connectivity index (χ1v) is 12.5. The van der Waals surface area contributed by atoms with Crippen molar-refractivity contribution in [3.63, 3.8) is 0 Å². The summed E-state index contributed by atoms with van der Waals surface area (Å²) >= 11 is 0. The molecule has 14 heteroatoms. The van der Waals surface area contributed by atoms with Crippen molar-refractivity contribution in [3.8, 4) is 0 Å². The lowest BCUT2D eigenvalue weighted by Gasteiger charge is -2.30. The molecule has 2 fully saturated rings. The summed E-state index contributed by atoms with van der Waals surface area (Å²) in [7, 11) is 0. The zero-order chi connectivity index (χ0) is 30.5. The highest BCUT2D eigenvalue weighted by atomic mass is 19.4. The smallest absolute Gasteiger partial charge is 0.481 e. The molecular weight excluding hydrogens is 550 g/mol. The molecular formula is C26H34F6N2O6. The number of halogens is 6. The van der Waals surface area contributed by atoms with Gasteiger partial charge in [0.25, 0.3) is 0 Å². The minimum atomic E-state index is -5.08. The molecule has 40 heavy (non-hydrogen) atoms. The van der Waals surface area contributed by atoms with Crippen molar-refractivity contribution in [2.45, 2.75) is 82.3 Å². The summed E-state index contributed by atoms with van der Waals surface area (Å²) in [5.41, 5.74) is 2.78. The van der Waals surface area contributed by atoms with Crippen molar-refractivity contribution in [2.24, 2.45) is 5.92 Å². The third-order valence-electron chi connectivity index (χ3n) is 6.23. The summed E-state index contributed by atoms with van der Waals surface area (Å²) in [6.07, 6.45) is -0.746. The molecule has 0 unspecified atom stereocenters. The molecule has 0 amide bonds. The van der Waals surface area contributed by atoms with E-state index < -0.39 is 30.3 Å². The number of alkyl halides is 6. The maximum absolute atomic E-state index is 10.6. The fourth-order valence-corrected chi connectivity index (χ4v) is 4.11. The van der Waals surface area contributed by atoms with Crippen molar-refractivity contribution < 1.29 is 56.0 Å². The van der Waals surface area contributed by atoms with Crippen LogP contribution in [0.4, 0.5) is 26.3 Å². The summed E-state index contributed by atoms with van der Waals surface area (Å²) in [5.74, 6) is -5.52. The molecule has 2 aliphatic carbocycles. The molecule has 226 valence electrons. The monoisotopic (exact) mass is 584 g/mol. The number of carboxylic acids is 3. The van der Waals surface area contributed by atoms with Crippen molar-refractivity contribution in [3.05, 3.63) is 41.5 Å². The first-order chi connectivity index (χ1) is 18.5. The van der Waals surface area contributed by atoms with Crippen molar-refractivity contribution in [1.82, 2.24) is 10.6 Å². The number of nitrogens with one attached hydrogen (secondary N) is 2. The van der Waals surface area contributed by atoms with Gasteiger partial charge >= 0.3 is 30.3 Å². The van der Waals surface area contributed by atoms with Gasteiger partial charge in [0, 0.05) is 24.5 Å². The Kier molecular flexibility index (Phi) is 14.1. The fraction of sp³-hybridized carbons (Fsp3) is 0.577.